The molecule has 9 heteroatoms. The maximum atomic E-state index is 12.3. The summed E-state index contributed by atoms with van der Waals surface area (Å²) in [4.78, 5) is 14.4. The van der Waals surface area contributed by atoms with Crippen LogP contribution in [0.2, 0.25) is 10.0 Å². The van der Waals surface area contributed by atoms with Crippen LogP contribution in [-0.2, 0) is 10.0 Å². The van der Waals surface area contributed by atoms with E-state index in [-0.39, 0.29) is 26.3 Å². The molecule has 0 radical (unpaired) electrons. The van der Waals surface area contributed by atoms with Gasteiger partial charge in [-0.05, 0) is 24.3 Å². The number of carboxylic acids is 1. The van der Waals surface area contributed by atoms with Crippen LogP contribution in [0.3, 0.4) is 0 Å². The van der Waals surface area contributed by atoms with E-state index in [9.17, 15) is 13.2 Å². The standard InChI is InChI=1S/C12H8Cl2N2O4S/c13-8-4-1-5-9(14)10(8)21(19,20)16-11-7(12(17)18)3-2-6-15-11/h1-6H,(H,15,16)(H,17,18). The van der Waals surface area contributed by atoms with Crippen molar-refractivity contribution >= 4 is 45.0 Å². The Labute approximate surface area is 130 Å². The van der Waals surface area contributed by atoms with Gasteiger partial charge < -0.3 is 5.11 Å². The minimum atomic E-state index is -4.17. The van der Waals surface area contributed by atoms with Crippen molar-refractivity contribution in [3.8, 4) is 0 Å². The molecule has 2 aromatic rings. The van der Waals surface area contributed by atoms with Gasteiger partial charge in [-0.2, -0.15) is 0 Å². The molecule has 0 saturated carbocycles. The van der Waals surface area contributed by atoms with Gasteiger partial charge in [0.25, 0.3) is 10.0 Å². The largest absolute Gasteiger partial charge is 0.478 e. The Balaban J connectivity index is 2.51. The zero-order valence-electron chi connectivity index (χ0n) is 10.2. The number of hydrogen-bond acceptors (Lipinski definition) is 4. The van der Waals surface area contributed by atoms with Crippen LogP contribution in [-0.4, -0.2) is 24.5 Å². The average Bonchev–Trinajstić information content (AvgIpc) is 2.37. The summed E-state index contributed by atoms with van der Waals surface area (Å²) >= 11 is 11.7. The van der Waals surface area contributed by atoms with E-state index in [1.165, 1.54) is 36.5 Å². The number of hydrogen-bond donors (Lipinski definition) is 2. The van der Waals surface area contributed by atoms with Crippen LogP contribution in [0, 0.1) is 0 Å². The molecule has 0 atom stereocenters. The zero-order valence-corrected chi connectivity index (χ0v) is 12.6. The minimum Gasteiger partial charge on any atom is -0.478 e. The van der Waals surface area contributed by atoms with Gasteiger partial charge >= 0.3 is 5.97 Å². The summed E-state index contributed by atoms with van der Waals surface area (Å²) in [6.45, 7) is 0. The summed E-state index contributed by atoms with van der Waals surface area (Å²) in [6.07, 6.45) is 1.26. The molecule has 0 aliphatic rings. The Bertz CT molecular complexity index is 788. The molecular formula is C12H8Cl2N2O4S. The van der Waals surface area contributed by atoms with Crippen molar-refractivity contribution in [2.75, 3.05) is 4.72 Å². The average molecular weight is 347 g/mol. The second kappa shape index (κ2) is 5.88. The fraction of sp³-hybridized carbons (Fsp3) is 0. The Hall–Kier alpha value is -1.83. The number of nitrogens with zero attached hydrogens (tertiary/aromatic N) is 1. The van der Waals surface area contributed by atoms with E-state index in [2.05, 4.69) is 9.71 Å². The van der Waals surface area contributed by atoms with Crippen LogP contribution in [0.15, 0.2) is 41.4 Å². The van der Waals surface area contributed by atoms with Crippen molar-refractivity contribution in [1.82, 2.24) is 4.98 Å². The Morgan fingerprint density at radius 2 is 1.76 bits per heavy atom. The summed E-state index contributed by atoms with van der Waals surface area (Å²) in [6, 6.07) is 6.81. The van der Waals surface area contributed by atoms with E-state index in [0.29, 0.717) is 0 Å². The lowest BCUT2D eigenvalue weighted by Gasteiger charge is -2.11. The highest BCUT2D eigenvalue weighted by molar-refractivity contribution is 7.93. The van der Waals surface area contributed by atoms with Crippen molar-refractivity contribution in [1.29, 1.82) is 0 Å². The Morgan fingerprint density at radius 1 is 1.14 bits per heavy atom. The third kappa shape index (κ3) is 3.26. The summed E-state index contributed by atoms with van der Waals surface area (Å²) < 4.78 is 26.7. The predicted molar refractivity (Wildman–Crippen MR) is 78.5 cm³/mol. The predicted octanol–water partition coefficient (Wildman–Crippen LogP) is 2.89. The number of anilines is 1. The van der Waals surface area contributed by atoms with E-state index in [1.807, 2.05) is 0 Å². The molecule has 1 aromatic carbocycles. The number of halogens is 2. The van der Waals surface area contributed by atoms with Gasteiger partial charge in [0.05, 0.1) is 10.0 Å². The van der Waals surface area contributed by atoms with Crippen LogP contribution in [0.25, 0.3) is 0 Å². The van der Waals surface area contributed by atoms with E-state index >= 15 is 0 Å². The first-order valence-electron chi connectivity index (χ1n) is 5.48. The Morgan fingerprint density at radius 3 is 2.33 bits per heavy atom. The molecule has 21 heavy (non-hydrogen) atoms. The molecule has 0 spiro atoms. The molecule has 110 valence electrons. The van der Waals surface area contributed by atoms with E-state index in [1.54, 1.807) is 0 Å². The number of benzene rings is 1. The van der Waals surface area contributed by atoms with Crippen LogP contribution < -0.4 is 4.72 Å². The highest BCUT2D eigenvalue weighted by atomic mass is 35.5. The van der Waals surface area contributed by atoms with E-state index in [0.717, 1.165) is 0 Å². The van der Waals surface area contributed by atoms with Gasteiger partial charge in [-0.1, -0.05) is 29.3 Å². The number of aromatic carboxylic acids is 1. The number of carbonyl (C=O) groups is 1. The highest BCUT2D eigenvalue weighted by Gasteiger charge is 2.24. The van der Waals surface area contributed by atoms with Crippen molar-refractivity contribution in [2.24, 2.45) is 0 Å². The normalized spacial score (nSPS) is 11.1. The maximum absolute atomic E-state index is 12.3. The van der Waals surface area contributed by atoms with Gasteiger partial charge in [-0.15, -0.1) is 0 Å². The number of sulfonamides is 1. The van der Waals surface area contributed by atoms with Gasteiger partial charge in [0, 0.05) is 6.20 Å². The van der Waals surface area contributed by atoms with Gasteiger partial charge in [-0.25, -0.2) is 18.2 Å². The molecule has 6 nitrogen and oxygen atoms in total. The molecule has 0 bridgehead atoms. The molecule has 0 amide bonds. The second-order valence-corrected chi connectivity index (χ2v) is 6.29. The first-order valence-corrected chi connectivity index (χ1v) is 7.72. The Kier molecular flexibility index (Phi) is 4.36. The summed E-state index contributed by atoms with van der Waals surface area (Å²) in [5, 5.41) is 8.85. The summed E-state index contributed by atoms with van der Waals surface area (Å²) in [5.41, 5.74) is -0.288. The van der Waals surface area contributed by atoms with Gasteiger partial charge in [0.1, 0.15) is 10.5 Å². The summed E-state index contributed by atoms with van der Waals surface area (Å²) in [7, 11) is -4.17. The topological polar surface area (TPSA) is 96.4 Å². The highest BCUT2D eigenvalue weighted by Crippen LogP contribution is 2.30. The zero-order chi connectivity index (χ0) is 15.6. The number of aromatic nitrogens is 1. The van der Waals surface area contributed by atoms with Gasteiger partial charge in [0.15, 0.2) is 5.82 Å². The van der Waals surface area contributed by atoms with Crippen molar-refractivity contribution in [2.45, 2.75) is 4.90 Å². The van der Waals surface area contributed by atoms with E-state index in [4.69, 9.17) is 28.3 Å². The number of pyridine rings is 1. The molecule has 1 heterocycles. The van der Waals surface area contributed by atoms with Crippen molar-refractivity contribution < 1.29 is 18.3 Å². The molecule has 0 saturated heterocycles. The lowest BCUT2D eigenvalue weighted by atomic mass is 10.3. The fourth-order valence-electron chi connectivity index (χ4n) is 1.58. The molecular weight excluding hydrogens is 339 g/mol. The monoisotopic (exact) mass is 346 g/mol. The number of nitrogens with one attached hydrogen (secondary N) is 1. The fourth-order valence-corrected chi connectivity index (χ4v) is 3.75. The van der Waals surface area contributed by atoms with Crippen LogP contribution in [0.5, 0.6) is 0 Å². The smallest absolute Gasteiger partial charge is 0.339 e. The molecule has 1 aromatic heterocycles. The van der Waals surface area contributed by atoms with Gasteiger partial charge in [0.2, 0.25) is 0 Å². The maximum Gasteiger partial charge on any atom is 0.339 e. The second-order valence-electron chi connectivity index (χ2n) is 3.86. The third-order valence-electron chi connectivity index (χ3n) is 2.46. The quantitative estimate of drug-likeness (QED) is 0.887. The third-order valence-corrected chi connectivity index (χ3v) is 4.75. The lowest BCUT2D eigenvalue weighted by molar-refractivity contribution is 0.0697. The van der Waals surface area contributed by atoms with Crippen LogP contribution in [0.4, 0.5) is 5.82 Å². The van der Waals surface area contributed by atoms with Crippen LogP contribution >= 0.6 is 23.2 Å². The lowest BCUT2D eigenvalue weighted by Crippen LogP contribution is -2.17. The van der Waals surface area contributed by atoms with E-state index < -0.39 is 16.0 Å². The molecule has 0 fully saturated rings. The minimum absolute atomic E-state index is 0.0807. The first-order chi connectivity index (χ1) is 9.83. The number of carboxylic acid groups (broad SMARTS) is 1. The number of rotatable bonds is 4. The van der Waals surface area contributed by atoms with Gasteiger partial charge in [-0.3, -0.25) is 4.72 Å². The van der Waals surface area contributed by atoms with Crippen molar-refractivity contribution in [3.63, 3.8) is 0 Å². The molecule has 0 unspecified atom stereocenters. The molecule has 0 aliphatic heterocycles. The summed E-state index contributed by atoms with van der Waals surface area (Å²) in [5.74, 6) is -1.63. The van der Waals surface area contributed by atoms with Crippen LogP contribution in [0.1, 0.15) is 10.4 Å². The van der Waals surface area contributed by atoms with Crippen molar-refractivity contribution in [3.05, 3.63) is 52.1 Å². The first kappa shape index (κ1) is 15.6. The molecule has 0 aliphatic carbocycles. The SMILES string of the molecule is O=C(O)c1cccnc1NS(=O)(=O)c1c(Cl)cccc1Cl. The molecule has 2 N–H and O–H groups in total. The molecule has 2 rings (SSSR count).